The summed E-state index contributed by atoms with van der Waals surface area (Å²) in [6.07, 6.45) is 1.75. The molecule has 33 heavy (non-hydrogen) atoms. The predicted octanol–water partition coefficient (Wildman–Crippen LogP) is 4.72. The topological polar surface area (TPSA) is 66.7 Å². The summed E-state index contributed by atoms with van der Waals surface area (Å²) in [5.74, 6) is -0.0999. The van der Waals surface area contributed by atoms with Gasteiger partial charge in [0.05, 0.1) is 5.69 Å². The SMILES string of the molecule is CC(=O)Nc1cccc([C@@H](C)N(Cc2ccccc2)Cc2cc(=O)n3cccc(C)c3n2)c1. The molecule has 2 aromatic heterocycles. The number of aromatic nitrogens is 2. The number of hydrogen-bond acceptors (Lipinski definition) is 4. The van der Waals surface area contributed by atoms with Crippen LogP contribution in [0.2, 0.25) is 0 Å². The highest BCUT2D eigenvalue weighted by atomic mass is 16.1. The van der Waals surface area contributed by atoms with Crippen molar-refractivity contribution in [2.24, 2.45) is 0 Å². The summed E-state index contributed by atoms with van der Waals surface area (Å²) in [4.78, 5) is 31.4. The van der Waals surface area contributed by atoms with Gasteiger partial charge in [-0.15, -0.1) is 0 Å². The maximum absolute atomic E-state index is 12.7. The third kappa shape index (κ3) is 5.35. The average molecular weight is 441 g/mol. The number of nitrogens with one attached hydrogen (secondary N) is 1. The van der Waals surface area contributed by atoms with Crippen LogP contribution in [-0.2, 0) is 17.9 Å². The highest BCUT2D eigenvalue weighted by Crippen LogP contribution is 2.26. The summed E-state index contributed by atoms with van der Waals surface area (Å²) in [7, 11) is 0. The second-order valence-corrected chi connectivity index (χ2v) is 8.34. The average Bonchev–Trinajstić information content (AvgIpc) is 2.79. The molecule has 0 aliphatic carbocycles. The normalized spacial score (nSPS) is 12.1. The third-order valence-corrected chi connectivity index (χ3v) is 5.77. The molecule has 168 valence electrons. The summed E-state index contributed by atoms with van der Waals surface area (Å²) in [6.45, 7) is 6.81. The van der Waals surface area contributed by atoms with Crippen LogP contribution < -0.4 is 10.9 Å². The number of aryl methyl sites for hydroxylation is 1. The molecule has 6 heteroatoms. The minimum atomic E-state index is -0.0999. The zero-order chi connectivity index (χ0) is 23.4. The molecule has 0 unspecified atom stereocenters. The number of fused-ring (bicyclic) bond motifs is 1. The third-order valence-electron chi connectivity index (χ3n) is 5.77. The molecule has 0 radical (unpaired) electrons. The van der Waals surface area contributed by atoms with Gasteiger partial charge >= 0.3 is 0 Å². The van der Waals surface area contributed by atoms with Gasteiger partial charge in [0.1, 0.15) is 5.65 Å². The number of rotatable bonds is 7. The van der Waals surface area contributed by atoms with Crippen molar-refractivity contribution < 1.29 is 4.79 Å². The summed E-state index contributed by atoms with van der Waals surface area (Å²) in [5, 5.41) is 2.86. The molecule has 0 aliphatic heterocycles. The van der Waals surface area contributed by atoms with E-state index in [4.69, 9.17) is 4.98 Å². The molecule has 0 spiro atoms. The number of carbonyl (C=O) groups is 1. The van der Waals surface area contributed by atoms with E-state index in [1.54, 1.807) is 16.7 Å². The van der Waals surface area contributed by atoms with Crippen molar-refractivity contribution in [3.8, 4) is 0 Å². The van der Waals surface area contributed by atoms with Crippen molar-refractivity contribution in [1.29, 1.82) is 0 Å². The Bertz CT molecular complexity index is 1330. The summed E-state index contributed by atoms with van der Waals surface area (Å²) < 4.78 is 1.58. The molecule has 6 nitrogen and oxygen atoms in total. The molecule has 0 saturated heterocycles. The first-order valence-corrected chi connectivity index (χ1v) is 11.0. The zero-order valence-corrected chi connectivity index (χ0v) is 19.2. The first-order chi connectivity index (χ1) is 15.9. The van der Waals surface area contributed by atoms with E-state index in [-0.39, 0.29) is 17.5 Å². The molecule has 0 bridgehead atoms. The maximum atomic E-state index is 12.7. The van der Waals surface area contributed by atoms with Crippen LogP contribution in [0.25, 0.3) is 5.65 Å². The number of carbonyl (C=O) groups excluding carboxylic acids is 1. The fourth-order valence-corrected chi connectivity index (χ4v) is 4.04. The van der Waals surface area contributed by atoms with Crippen molar-refractivity contribution >= 4 is 17.2 Å². The Balaban J connectivity index is 1.70. The Kier molecular flexibility index (Phi) is 6.66. The Hall–Kier alpha value is -3.77. The molecule has 4 rings (SSSR count). The van der Waals surface area contributed by atoms with Crippen LogP contribution in [-0.4, -0.2) is 20.2 Å². The Morgan fingerprint density at radius 2 is 1.82 bits per heavy atom. The van der Waals surface area contributed by atoms with Gasteiger partial charge in [-0.25, -0.2) is 4.98 Å². The minimum Gasteiger partial charge on any atom is -0.326 e. The van der Waals surface area contributed by atoms with Crippen LogP contribution in [0.5, 0.6) is 0 Å². The van der Waals surface area contributed by atoms with E-state index < -0.39 is 0 Å². The highest BCUT2D eigenvalue weighted by molar-refractivity contribution is 5.88. The molecule has 1 amide bonds. The molecule has 1 N–H and O–H groups in total. The zero-order valence-electron chi connectivity index (χ0n) is 19.2. The van der Waals surface area contributed by atoms with Gasteiger partial charge in [0.25, 0.3) is 5.56 Å². The standard InChI is InChI=1S/C27H28N4O2/c1-19-9-8-14-31-26(33)16-25(29-27(19)31)18-30(17-22-10-5-4-6-11-22)20(2)23-12-7-13-24(15-23)28-21(3)32/h4-16,20H,17-18H2,1-3H3,(H,28,32)/t20-/m1/s1. The van der Waals surface area contributed by atoms with Crippen molar-refractivity contribution in [2.45, 2.75) is 39.9 Å². The second-order valence-electron chi connectivity index (χ2n) is 8.34. The maximum Gasteiger partial charge on any atom is 0.258 e. The fourth-order valence-electron chi connectivity index (χ4n) is 4.04. The largest absolute Gasteiger partial charge is 0.326 e. The Labute approximate surface area is 193 Å². The second kappa shape index (κ2) is 9.79. The smallest absolute Gasteiger partial charge is 0.258 e. The van der Waals surface area contributed by atoms with Crippen LogP contribution >= 0.6 is 0 Å². The van der Waals surface area contributed by atoms with E-state index >= 15 is 0 Å². The lowest BCUT2D eigenvalue weighted by molar-refractivity contribution is -0.114. The molecule has 2 heterocycles. The van der Waals surface area contributed by atoms with E-state index in [0.29, 0.717) is 18.7 Å². The Morgan fingerprint density at radius 3 is 2.58 bits per heavy atom. The van der Waals surface area contributed by atoms with Gasteiger partial charge in [-0.1, -0.05) is 48.5 Å². The summed E-state index contributed by atoms with van der Waals surface area (Å²) >= 11 is 0. The molecule has 0 fully saturated rings. The van der Waals surface area contributed by atoms with Crippen LogP contribution in [0.4, 0.5) is 5.69 Å². The molecule has 4 aromatic rings. The number of nitrogens with zero attached hydrogens (tertiary/aromatic N) is 3. The van der Waals surface area contributed by atoms with E-state index in [9.17, 15) is 9.59 Å². The van der Waals surface area contributed by atoms with Gasteiger partial charge in [0, 0.05) is 44.0 Å². The van der Waals surface area contributed by atoms with Gasteiger partial charge in [0.2, 0.25) is 5.91 Å². The number of amides is 1. The van der Waals surface area contributed by atoms with Crippen molar-refractivity contribution in [3.05, 3.63) is 112 Å². The monoisotopic (exact) mass is 440 g/mol. The quantitative estimate of drug-likeness (QED) is 0.451. The molecule has 1 atom stereocenters. The van der Waals surface area contributed by atoms with Crippen molar-refractivity contribution in [1.82, 2.24) is 14.3 Å². The van der Waals surface area contributed by atoms with Crippen LogP contribution in [0.3, 0.4) is 0 Å². The minimum absolute atomic E-state index is 0.0241. The number of benzene rings is 2. The van der Waals surface area contributed by atoms with Crippen molar-refractivity contribution in [2.75, 3.05) is 5.32 Å². The van der Waals surface area contributed by atoms with Crippen molar-refractivity contribution in [3.63, 3.8) is 0 Å². The first-order valence-electron chi connectivity index (χ1n) is 11.0. The van der Waals surface area contributed by atoms with Crippen LogP contribution in [0.1, 0.15) is 42.3 Å². The summed E-state index contributed by atoms with van der Waals surface area (Å²) in [6, 6.07) is 23.6. The van der Waals surface area contributed by atoms with E-state index in [2.05, 4.69) is 35.3 Å². The molecule has 0 aliphatic rings. The van der Waals surface area contributed by atoms with Crippen LogP contribution in [0, 0.1) is 6.92 Å². The first kappa shape index (κ1) is 22.4. The lowest BCUT2D eigenvalue weighted by atomic mass is 10.0. The van der Waals surface area contributed by atoms with E-state index in [1.807, 2.05) is 55.5 Å². The number of hydrogen-bond donors (Lipinski definition) is 1. The Morgan fingerprint density at radius 1 is 1.03 bits per heavy atom. The van der Waals surface area contributed by atoms with Gasteiger partial charge in [-0.2, -0.15) is 0 Å². The lowest BCUT2D eigenvalue weighted by Crippen LogP contribution is -2.28. The van der Waals surface area contributed by atoms with Gasteiger partial charge in [0.15, 0.2) is 0 Å². The fraction of sp³-hybridized carbons (Fsp3) is 0.222. The summed E-state index contributed by atoms with van der Waals surface area (Å²) in [5.41, 5.74) is 5.31. The van der Waals surface area contributed by atoms with E-state index in [0.717, 1.165) is 22.5 Å². The van der Waals surface area contributed by atoms with Gasteiger partial charge in [-0.3, -0.25) is 18.9 Å². The molecule has 2 aromatic carbocycles. The predicted molar refractivity (Wildman–Crippen MR) is 131 cm³/mol. The molecular formula is C27H28N4O2. The molecule has 0 saturated carbocycles. The van der Waals surface area contributed by atoms with E-state index in [1.165, 1.54) is 12.5 Å². The van der Waals surface area contributed by atoms with Gasteiger partial charge < -0.3 is 5.32 Å². The lowest BCUT2D eigenvalue weighted by Gasteiger charge is -2.29. The number of pyridine rings is 1. The number of anilines is 1. The highest BCUT2D eigenvalue weighted by Gasteiger charge is 2.19. The van der Waals surface area contributed by atoms with Crippen LogP contribution in [0.15, 0.2) is 83.8 Å². The van der Waals surface area contributed by atoms with Gasteiger partial charge in [-0.05, 0) is 48.7 Å². The molecular weight excluding hydrogens is 412 g/mol.